The molecule has 1 aromatic heterocycles. The van der Waals surface area contributed by atoms with Crippen molar-refractivity contribution in [2.24, 2.45) is 5.92 Å². The van der Waals surface area contributed by atoms with Crippen LogP contribution in [0.2, 0.25) is 0 Å². The zero-order valence-electron chi connectivity index (χ0n) is 11.0. The topological polar surface area (TPSA) is 84.3 Å². The van der Waals surface area contributed by atoms with Crippen LogP contribution in [0.15, 0.2) is 12.4 Å². The van der Waals surface area contributed by atoms with Crippen molar-refractivity contribution in [1.82, 2.24) is 9.97 Å². The maximum Gasteiger partial charge on any atom is 0.305 e. The molecule has 0 amide bonds. The van der Waals surface area contributed by atoms with Crippen LogP contribution in [0, 0.1) is 5.92 Å². The second-order valence-electron chi connectivity index (χ2n) is 4.78. The molecule has 19 heavy (non-hydrogen) atoms. The summed E-state index contributed by atoms with van der Waals surface area (Å²) in [4.78, 5) is 19.0. The van der Waals surface area contributed by atoms with Gasteiger partial charge in [-0.3, -0.25) is 4.79 Å². The molecular weight excluding hydrogens is 246 g/mol. The molecule has 104 valence electrons. The first-order valence-corrected chi connectivity index (χ1v) is 6.62. The van der Waals surface area contributed by atoms with Gasteiger partial charge in [0.05, 0.1) is 13.0 Å². The van der Waals surface area contributed by atoms with E-state index in [1.165, 1.54) is 6.33 Å². The fourth-order valence-corrected chi connectivity index (χ4v) is 1.92. The summed E-state index contributed by atoms with van der Waals surface area (Å²) in [5.74, 6) is 0.787. The first-order valence-electron chi connectivity index (χ1n) is 6.62. The van der Waals surface area contributed by atoms with Crippen molar-refractivity contribution >= 4 is 11.8 Å². The smallest absolute Gasteiger partial charge is 0.305 e. The number of rotatable bonds is 8. The lowest BCUT2D eigenvalue weighted by Crippen LogP contribution is -2.25. The molecule has 0 aliphatic heterocycles. The van der Waals surface area contributed by atoms with Crippen LogP contribution in [0.1, 0.15) is 32.6 Å². The summed E-state index contributed by atoms with van der Waals surface area (Å²) in [7, 11) is 0. The largest absolute Gasteiger partial charge is 0.481 e. The molecule has 2 rings (SSSR count). The van der Waals surface area contributed by atoms with Crippen LogP contribution in [-0.4, -0.2) is 33.7 Å². The van der Waals surface area contributed by atoms with E-state index in [1.807, 2.05) is 6.92 Å². The van der Waals surface area contributed by atoms with E-state index in [9.17, 15) is 4.79 Å². The van der Waals surface area contributed by atoms with Gasteiger partial charge in [-0.15, -0.1) is 0 Å². The standard InChI is InChI=1S/C13H19N3O3/c1-2-5-19-12-7-11(14-8-15-12)16-10(6-13(17)18)9-3-4-9/h7-10H,2-6H2,1H3,(H,17,18)(H,14,15,16). The summed E-state index contributed by atoms with van der Waals surface area (Å²) in [6.07, 6.45) is 4.61. The lowest BCUT2D eigenvalue weighted by molar-refractivity contribution is -0.137. The van der Waals surface area contributed by atoms with Crippen molar-refractivity contribution < 1.29 is 14.6 Å². The summed E-state index contributed by atoms with van der Waals surface area (Å²) in [6.45, 7) is 2.63. The molecule has 1 fully saturated rings. The molecule has 0 spiro atoms. The Kier molecular flexibility index (Phi) is 4.54. The number of ether oxygens (including phenoxy) is 1. The second kappa shape index (κ2) is 6.36. The molecule has 1 aliphatic rings. The fourth-order valence-electron chi connectivity index (χ4n) is 1.92. The van der Waals surface area contributed by atoms with E-state index in [4.69, 9.17) is 9.84 Å². The van der Waals surface area contributed by atoms with E-state index < -0.39 is 5.97 Å². The number of nitrogens with zero attached hydrogens (tertiary/aromatic N) is 2. The maximum atomic E-state index is 10.8. The van der Waals surface area contributed by atoms with Gasteiger partial charge in [0.2, 0.25) is 5.88 Å². The molecule has 1 saturated carbocycles. The fraction of sp³-hybridized carbons (Fsp3) is 0.615. The van der Waals surface area contributed by atoms with Crippen LogP contribution in [0.4, 0.5) is 5.82 Å². The molecule has 0 saturated heterocycles. The van der Waals surface area contributed by atoms with Crippen molar-refractivity contribution in [2.75, 3.05) is 11.9 Å². The van der Waals surface area contributed by atoms with E-state index >= 15 is 0 Å². The molecule has 0 bridgehead atoms. The number of carboxylic acid groups (broad SMARTS) is 1. The minimum atomic E-state index is -0.791. The molecule has 1 aromatic rings. The molecule has 1 aliphatic carbocycles. The van der Waals surface area contributed by atoms with E-state index in [-0.39, 0.29) is 12.5 Å². The summed E-state index contributed by atoms with van der Waals surface area (Å²) in [5, 5.41) is 12.1. The molecule has 2 N–H and O–H groups in total. The summed E-state index contributed by atoms with van der Waals surface area (Å²) < 4.78 is 5.43. The van der Waals surface area contributed by atoms with Crippen LogP contribution in [0.3, 0.4) is 0 Å². The highest BCUT2D eigenvalue weighted by atomic mass is 16.5. The van der Waals surface area contributed by atoms with Gasteiger partial charge in [-0.25, -0.2) is 9.97 Å². The number of anilines is 1. The van der Waals surface area contributed by atoms with Crippen LogP contribution < -0.4 is 10.1 Å². The first kappa shape index (κ1) is 13.6. The van der Waals surface area contributed by atoms with Crippen LogP contribution in [0.25, 0.3) is 0 Å². The van der Waals surface area contributed by atoms with Crippen LogP contribution in [-0.2, 0) is 4.79 Å². The molecule has 1 atom stereocenters. The van der Waals surface area contributed by atoms with Crippen molar-refractivity contribution in [3.63, 3.8) is 0 Å². The summed E-state index contributed by atoms with van der Waals surface area (Å²) in [5.41, 5.74) is 0. The van der Waals surface area contributed by atoms with E-state index in [2.05, 4.69) is 15.3 Å². The SMILES string of the molecule is CCCOc1cc(NC(CC(=O)O)C2CC2)ncn1. The van der Waals surface area contributed by atoms with Crippen LogP contribution >= 0.6 is 0 Å². The third-order valence-corrected chi connectivity index (χ3v) is 3.01. The Morgan fingerprint density at radius 2 is 2.37 bits per heavy atom. The Hall–Kier alpha value is -1.85. The van der Waals surface area contributed by atoms with Gasteiger partial charge in [-0.1, -0.05) is 6.92 Å². The molecular formula is C13H19N3O3. The first-order chi connectivity index (χ1) is 9.19. The zero-order chi connectivity index (χ0) is 13.7. The monoisotopic (exact) mass is 265 g/mol. The Morgan fingerprint density at radius 1 is 1.58 bits per heavy atom. The summed E-state index contributed by atoms with van der Waals surface area (Å²) >= 11 is 0. The van der Waals surface area contributed by atoms with Crippen molar-refractivity contribution in [2.45, 2.75) is 38.6 Å². The molecule has 0 aromatic carbocycles. The van der Waals surface area contributed by atoms with Gasteiger partial charge in [0.25, 0.3) is 0 Å². The number of carboxylic acids is 1. The Balaban J connectivity index is 1.97. The molecule has 6 nitrogen and oxygen atoms in total. The highest BCUT2D eigenvalue weighted by molar-refractivity contribution is 5.68. The maximum absolute atomic E-state index is 10.8. The number of carbonyl (C=O) groups is 1. The lowest BCUT2D eigenvalue weighted by Gasteiger charge is -2.17. The van der Waals surface area contributed by atoms with E-state index in [0.717, 1.165) is 19.3 Å². The highest BCUT2D eigenvalue weighted by Crippen LogP contribution is 2.35. The number of aliphatic carboxylic acids is 1. The normalized spacial score (nSPS) is 15.8. The minimum Gasteiger partial charge on any atom is -0.481 e. The Morgan fingerprint density at radius 3 is 3.00 bits per heavy atom. The van der Waals surface area contributed by atoms with Gasteiger partial charge < -0.3 is 15.2 Å². The molecule has 1 heterocycles. The predicted octanol–water partition coefficient (Wildman–Crippen LogP) is 1.93. The Labute approximate surface area is 112 Å². The minimum absolute atomic E-state index is 0.0635. The zero-order valence-corrected chi connectivity index (χ0v) is 11.0. The number of nitrogens with one attached hydrogen (secondary N) is 1. The van der Waals surface area contributed by atoms with Gasteiger partial charge in [-0.05, 0) is 25.2 Å². The third kappa shape index (κ3) is 4.39. The molecule has 1 unspecified atom stereocenters. The van der Waals surface area contributed by atoms with Gasteiger partial charge in [0, 0.05) is 12.1 Å². The summed E-state index contributed by atoms with van der Waals surface area (Å²) in [6, 6.07) is 1.65. The van der Waals surface area contributed by atoms with E-state index in [0.29, 0.717) is 24.2 Å². The van der Waals surface area contributed by atoms with Crippen molar-refractivity contribution in [3.05, 3.63) is 12.4 Å². The average Bonchev–Trinajstić information content (AvgIpc) is 3.20. The van der Waals surface area contributed by atoms with Gasteiger partial charge in [0.15, 0.2) is 0 Å². The number of hydrogen-bond donors (Lipinski definition) is 2. The predicted molar refractivity (Wildman–Crippen MR) is 70.2 cm³/mol. The third-order valence-electron chi connectivity index (χ3n) is 3.01. The van der Waals surface area contributed by atoms with Gasteiger partial charge in [0.1, 0.15) is 12.1 Å². The van der Waals surface area contributed by atoms with Gasteiger partial charge >= 0.3 is 5.97 Å². The molecule has 0 radical (unpaired) electrons. The van der Waals surface area contributed by atoms with Crippen LogP contribution in [0.5, 0.6) is 5.88 Å². The Bertz CT molecular complexity index is 435. The van der Waals surface area contributed by atoms with E-state index in [1.54, 1.807) is 6.07 Å². The number of hydrogen-bond acceptors (Lipinski definition) is 5. The van der Waals surface area contributed by atoms with Crippen molar-refractivity contribution in [3.8, 4) is 5.88 Å². The average molecular weight is 265 g/mol. The van der Waals surface area contributed by atoms with Crippen molar-refractivity contribution in [1.29, 1.82) is 0 Å². The quantitative estimate of drug-likeness (QED) is 0.747. The van der Waals surface area contributed by atoms with Gasteiger partial charge in [-0.2, -0.15) is 0 Å². The molecule has 6 heteroatoms. The highest BCUT2D eigenvalue weighted by Gasteiger charge is 2.32. The number of aromatic nitrogens is 2. The second-order valence-corrected chi connectivity index (χ2v) is 4.78. The lowest BCUT2D eigenvalue weighted by atomic mass is 10.1.